The highest BCUT2D eigenvalue weighted by Crippen LogP contribution is 2.28. The lowest BCUT2D eigenvalue weighted by Gasteiger charge is -2.19. The Hall–Kier alpha value is -4.41. The smallest absolute Gasteiger partial charge is 0.344 e. The van der Waals surface area contributed by atoms with Gasteiger partial charge in [-0.05, 0) is 60.2 Å². The quantitative estimate of drug-likeness (QED) is 0.306. The molecule has 0 bridgehead atoms. The molecule has 1 amide bonds. The Morgan fingerprint density at radius 1 is 0.974 bits per heavy atom. The van der Waals surface area contributed by atoms with E-state index in [1.165, 1.54) is 49.6 Å². The van der Waals surface area contributed by atoms with Crippen molar-refractivity contribution in [3.05, 3.63) is 124 Å². The Kier molecular flexibility index (Phi) is 7.23. The first-order valence-electron chi connectivity index (χ1n) is 11.9. The first kappa shape index (κ1) is 26.2. The van der Waals surface area contributed by atoms with Crippen molar-refractivity contribution in [1.29, 1.82) is 0 Å². The van der Waals surface area contributed by atoms with E-state index in [4.69, 9.17) is 16.3 Å². The molecule has 39 heavy (non-hydrogen) atoms. The minimum Gasteiger partial charge on any atom is -0.497 e. The minimum absolute atomic E-state index is 0.0821. The van der Waals surface area contributed by atoms with Gasteiger partial charge < -0.3 is 10.1 Å². The third kappa shape index (κ3) is 5.04. The molecule has 2 heterocycles. The van der Waals surface area contributed by atoms with Gasteiger partial charge in [-0.2, -0.15) is 3.97 Å². The number of aromatic nitrogens is 3. The van der Waals surface area contributed by atoms with Gasteiger partial charge in [0.1, 0.15) is 11.8 Å². The van der Waals surface area contributed by atoms with Crippen molar-refractivity contribution in [2.45, 2.75) is 17.5 Å². The molecule has 0 fully saturated rings. The second-order valence-electron chi connectivity index (χ2n) is 8.58. The zero-order valence-corrected chi connectivity index (χ0v) is 22.3. The van der Waals surface area contributed by atoms with Gasteiger partial charge in [-0.3, -0.25) is 14.3 Å². The Bertz CT molecular complexity index is 1800. The number of amides is 1. The molecule has 9 nitrogen and oxygen atoms in total. The second kappa shape index (κ2) is 10.8. The molecule has 0 aliphatic carbocycles. The summed E-state index contributed by atoms with van der Waals surface area (Å²) in [4.78, 5) is 31.8. The number of rotatable bonds is 8. The summed E-state index contributed by atoms with van der Waals surface area (Å²) >= 11 is 6.29. The number of ether oxygens (including phenoxy) is 1. The van der Waals surface area contributed by atoms with Gasteiger partial charge in [0.05, 0.1) is 35.3 Å². The number of fused-ring (bicyclic) bond motifs is 1. The van der Waals surface area contributed by atoms with Crippen molar-refractivity contribution < 1.29 is 17.9 Å². The summed E-state index contributed by atoms with van der Waals surface area (Å²) in [5, 5.41) is 3.10. The van der Waals surface area contributed by atoms with E-state index in [9.17, 15) is 18.0 Å². The zero-order valence-electron chi connectivity index (χ0n) is 20.7. The van der Waals surface area contributed by atoms with Crippen molar-refractivity contribution in [1.82, 2.24) is 18.8 Å². The molecule has 5 rings (SSSR count). The lowest BCUT2D eigenvalue weighted by atomic mass is 10.1. The third-order valence-corrected chi connectivity index (χ3v) is 8.12. The molecule has 0 aliphatic heterocycles. The number of nitrogens with zero attached hydrogens (tertiary/aromatic N) is 3. The number of carbonyl (C=O) groups excluding carboxylic acids is 1. The van der Waals surface area contributed by atoms with Crippen molar-refractivity contribution in [2.24, 2.45) is 0 Å². The van der Waals surface area contributed by atoms with Crippen LogP contribution in [0.5, 0.6) is 5.75 Å². The Labute approximate surface area is 229 Å². The molecule has 1 atom stereocenters. The van der Waals surface area contributed by atoms with Crippen molar-refractivity contribution in [3.63, 3.8) is 0 Å². The topological polar surface area (TPSA) is 112 Å². The molecule has 2 aromatic heterocycles. The van der Waals surface area contributed by atoms with Gasteiger partial charge in [0.15, 0.2) is 0 Å². The Balaban J connectivity index is 1.70. The summed E-state index contributed by atoms with van der Waals surface area (Å²) < 4.78 is 34.5. The van der Waals surface area contributed by atoms with Crippen LogP contribution in [-0.4, -0.2) is 35.0 Å². The fraction of sp³-hybridized carbons (Fsp3) is 0.107. The van der Waals surface area contributed by atoms with Gasteiger partial charge in [0, 0.05) is 11.2 Å². The predicted molar refractivity (Wildman–Crippen MR) is 147 cm³/mol. The number of imidazole rings is 1. The number of nitrogens with one attached hydrogen (secondary N) is 1. The van der Waals surface area contributed by atoms with Crippen molar-refractivity contribution in [2.75, 3.05) is 7.11 Å². The minimum atomic E-state index is -4.37. The standard InChI is InChI=1S/C28H23ClN4O5S/c1-38-22-11-13-23(14-12-22)39(36,37)33-24-15-10-20(29)17-25(24)32(28(33)35)26(19-7-3-2-4-8-19)27(34)31-18-21-9-5-6-16-30-21/h2-17,26H,18H2,1H3,(H,31,34). The number of carbonyl (C=O) groups is 1. The fourth-order valence-electron chi connectivity index (χ4n) is 4.33. The SMILES string of the molecule is COc1ccc(S(=O)(=O)n2c(=O)n(C(C(=O)NCc3ccccn3)c3ccccc3)c3cc(Cl)ccc32)cc1. The van der Waals surface area contributed by atoms with E-state index < -0.39 is 27.7 Å². The highest BCUT2D eigenvalue weighted by Gasteiger charge is 2.32. The van der Waals surface area contributed by atoms with Gasteiger partial charge >= 0.3 is 5.69 Å². The Morgan fingerprint density at radius 2 is 1.69 bits per heavy atom. The second-order valence-corrected chi connectivity index (χ2v) is 10.8. The molecule has 0 aliphatic rings. The van der Waals surface area contributed by atoms with Crippen LogP contribution in [0.15, 0.2) is 107 Å². The van der Waals surface area contributed by atoms with Crippen LogP contribution in [0, 0.1) is 0 Å². The number of benzene rings is 3. The molecule has 1 N–H and O–H groups in total. The molecule has 11 heteroatoms. The van der Waals surface area contributed by atoms with Crippen LogP contribution in [0.1, 0.15) is 17.3 Å². The van der Waals surface area contributed by atoms with E-state index in [1.54, 1.807) is 54.7 Å². The van der Waals surface area contributed by atoms with E-state index >= 15 is 0 Å². The summed E-state index contributed by atoms with van der Waals surface area (Å²) in [6.45, 7) is 0.112. The number of methoxy groups -OCH3 is 1. The van der Waals surface area contributed by atoms with Crippen LogP contribution in [0.4, 0.5) is 0 Å². The summed E-state index contributed by atoms with van der Waals surface area (Å²) in [5.41, 5.74) is 0.464. The van der Waals surface area contributed by atoms with Gasteiger partial charge in [-0.15, -0.1) is 0 Å². The third-order valence-electron chi connectivity index (χ3n) is 6.19. The van der Waals surface area contributed by atoms with Crippen LogP contribution in [0.25, 0.3) is 11.0 Å². The van der Waals surface area contributed by atoms with Crippen LogP contribution in [-0.2, 0) is 21.4 Å². The molecular formula is C28H23ClN4O5S. The summed E-state index contributed by atoms with van der Waals surface area (Å²) in [6, 6.07) is 22.9. The lowest BCUT2D eigenvalue weighted by Crippen LogP contribution is -2.39. The molecule has 198 valence electrons. The van der Waals surface area contributed by atoms with Gasteiger partial charge in [0.25, 0.3) is 10.0 Å². The molecule has 0 radical (unpaired) electrons. The number of pyridine rings is 1. The summed E-state index contributed by atoms with van der Waals surface area (Å²) in [5.74, 6) is -0.0564. The number of hydrogen-bond donors (Lipinski definition) is 1. The van der Waals surface area contributed by atoms with E-state index in [-0.39, 0.29) is 27.5 Å². The lowest BCUT2D eigenvalue weighted by molar-refractivity contribution is -0.123. The largest absolute Gasteiger partial charge is 0.497 e. The van der Waals surface area contributed by atoms with E-state index in [0.29, 0.717) is 21.0 Å². The predicted octanol–water partition coefficient (Wildman–Crippen LogP) is 4.00. The van der Waals surface area contributed by atoms with Crippen LogP contribution < -0.4 is 15.7 Å². The molecule has 0 spiro atoms. The normalized spacial score (nSPS) is 12.3. The number of halogens is 1. The molecule has 5 aromatic rings. The molecule has 0 saturated heterocycles. The van der Waals surface area contributed by atoms with E-state index in [2.05, 4.69) is 10.3 Å². The van der Waals surface area contributed by atoms with E-state index in [1.807, 2.05) is 0 Å². The van der Waals surface area contributed by atoms with Crippen LogP contribution >= 0.6 is 11.6 Å². The Morgan fingerprint density at radius 3 is 2.36 bits per heavy atom. The van der Waals surface area contributed by atoms with E-state index in [0.717, 1.165) is 4.57 Å². The first-order valence-corrected chi connectivity index (χ1v) is 13.7. The van der Waals surface area contributed by atoms with Gasteiger partial charge in [-0.1, -0.05) is 48.0 Å². The first-order chi connectivity index (χ1) is 18.8. The maximum absolute atomic E-state index is 14.0. The molecule has 3 aromatic carbocycles. The van der Waals surface area contributed by atoms with Crippen molar-refractivity contribution >= 4 is 38.6 Å². The van der Waals surface area contributed by atoms with Crippen LogP contribution in [0.2, 0.25) is 5.02 Å². The molecule has 0 saturated carbocycles. The highest BCUT2D eigenvalue weighted by molar-refractivity contribution is 7.90. The fourth-order valence-corrected chi connectivity index (χ4v) is 5.89. The number of hydrogen-bond acceptors (Lipinski definition) is 6. The zero-order chi connectivity index (χ0) is 27.6. The van der Waals surface area contributed by atoms with Gasteiger partial charge in [0.2, 0.25) is 5.91 Å². The van der Waals surface area contributed by atoms with Crippen LogP contribution in [0.3, 0.4) is 0 Å². The maximum Gasteiger partial charge on any atom is 0.344 e. The maximum atomic E-state index is 14.0. The average Bonchev–Trinajstić information content (AvgIpc) is 3.24. The average molecular weight is 563 g/mol. The molecular weight excluding hydrogens is 540 g/mol. The molecule has 1 unspecified atom stereocenters. The highest BCUT2D eigenvalue weighted by atomic mass is 35.5. The summed E-state index contributed by atoms with van der Waals surface area (Å²) in [6.07, 6.45) is 1.61. The van der Waals surface area contributed by atoms with Gasteiger partial charge in [-0.25, -0.2) is 13.2 Å². The summed E-state index contributed by atoms with van der Waals surface area (Å²) in [7, 11) is -2.90. The monoisotopic (exact) mass is 562 g/mol. The van der Waals surface area contributed by atoms with Crippen molar-refractivity contribution in [3.8, 4) is 5.75 Å².